The van der Waals surface area contributed by atoms with Gasteiger partial charge in [0.05, 0.1) is 12.4 Å². The van der Waals surface area contributed by atoms with Crippen LogP contribution in [-0.4, -0.2) is 23.5 Å². The van der Waals surface area contributed by atoms with E-state index in [9.17, 15) is 4.79 Å². The highest BCUT2D eigenvalue weighted by molar-refractivity contribution is 8.00. The number of hydrogen-bond donors (Lipinski definition) is 0. The molecule has 0 aliphatic carbocycles. The van der Waals surface area contributed by atoms with E-state index in [2.05, 4.69) is 5.16 Å². The predicted octanol–water partition coefficient (Wildman–Crippen LogP) is 4.80. The minimum Gasteiger partial charge on any atom is -0.465 e. The van der Waals surface area contributed by atoms with Crippen LogP contribution in [0, 0.1) is 0 Å². The minimum atomic E-state index is -0.225. The minimum absolute atomic E-state index is 0.225. The van der Waals surface area contributed by atoms with Gasteiger partial charge in [0, 0.05) is 20.9 Å². The third-order valence-corrected chi connectivity index (χ3v) is 4.44. The number of carbonyl (C=O) groups excluding carboxylic acids is 1. The molecule has 2 aromatic carbocycles. The Labute approximate surface area is 142 Å². The van der Waals surface area contributed by atoms with Crippen molar-refractivity contribution in [3.8, 4) is 11.3 Å². The maximum absolute atomic E-state index is 11.4. The predicted molar refractivity (Wildman–Crippen MR) is 91.8 cm³/mol. The van der Waals surface area contributed by atoms with Crippen molar-refractivity contribution in [2.45, 2.75) is 11.8 Å². The van der Waals surface area contributed by atoms with Gasteiger partial charge in [0.15, 0.2) is 5.58 Å². The molecule has 0 spiro atoms. The first-order chi connectivity index (χ1) is 11.2. The molecule has 0 bridgehead atoms. The van der Waals surface area contributed by atoms with Crippen molar-refractivity contribution in [3.05, 3.63) is 47.5 Å². The van der Waals surface area contributed by atoms with Crippen molar-refractivity contribution < 1.29 is 14.1 Å². The Bertz CT molecular complexity index is 829. The highest BCUT2D eigenvalue weighted by Crippen LogP contribution is 2.31. The number of rotatable bonds is 5. The molecule has 0 atom stereocenters. The zero-order valence-corrected chi connectivity index (χ0v) is 14.0. The van der Waals surface area contributed by atoms with Crippen LogP contribution in [0.1, 0.15) is 6.92 Å². The Hall–Kier alpha value is -1.98. The standard InChI is InChI=1S/C17H14ClNO3S/c1-2-21-16(20)10-23-13-7-8-14-15(9-13)22-19-17(14)11-3-5-12(18)6-4-11/h3-9H,2,10H2,1H3. The van der Waals surface area contributed by atoms with Crippen LogP contribution in [0.15, 0.2) is 51.9 Å². The molecule has 0 radical (unpaired) electrons. The van der Waals surface area contributed by atoms with Crippen LogP contribution in [0.2, 0.25) is 5.02 Å². The Morgan fingerprint density at radius 3 is 2.78 bits per heavy atom. The van der Waals surface area contributed by atoms with Gasteiger partial charge in [-0.15, -0.1) is 11.8 Å². The van der Waals surface area contributed by atoms with E-state index in [1.807, 2.05) is 42.5 Å². The van der Waals surface area contributed by atoms with E-state index < -0.39 is 0 Å². The summed E-state index contributed by atoms with van der Waals surface area (Å²) in [4.78, 5) is 12.3. The van der Waals surface area contributed by atoms with Crippen molar-refractivity contribution in [1.82, 2.24) is 5.16 Å². The van der Waals surface area contributed by atoms with Crippen LogP contribution in [0.3, 0.4) is 0 Å². The van der Waals surface area contributed by atoms with Gasteiger partial charge < -0.3 is 9.26 Å². The van der Waals surface area contributed by atoms with Crippen molar-refractivity contribution >= 4 is 40.3 Å². The molecule has 0 saturated heterocycles. The Morgan fingerprint density at radius 1 is 1.26 bits per heavy atom. The van der Waals surface area contributed by atoms with Gasteiger partial charge in [-0.05, 0) is 37.3 Å². The van der Waals surface area contributed by atoms with E-state index in [4.69, 9.17) is 20.9 Å². The lowest BCUT2D eigenvalue weighted by molar-refractivity contribution is -0.139. The van der Waals surface area contributed by atoms with Crippen LogP contribution < -0.4 is 0 Å². The quantitative estimate of drug-likeness (QED) is 0.490. The normalized spacial score (nSPS) is 10.9. The summed E-state index contributed by atoms with van der Waals surface area (Å²) in [6, 6.07) is 13.2. The summed E-state index contributed by atoms with van der Waals surface area (Å²) in [5.41, 5.74) is 2.41. The summed E-state index contributed by atoms with van der Waals surface area (Å²) in [7, 11) is 0. The fourth-order valence-electron chi connectivity index (χ4n) is 2.17. The molecular formula is C17H14ClNO3S. The summed E-state index contributed by atoms with van der Waals surface area (Å²) in [6.45, 7) is 2.19. The second kappa shape index (κ2) is 7.06. The lowest BCUT2D eigenvalue weighted by Crippen LogP contribution is -2.06. The van der Waals surface area contributed by atoms with E-state index in [0.717, 1.165) is 21.5 Å². The fourth-order valence-corrected chi connectivity index (χ4v) is 3.02. The summed E-state index contributed by atoms with van der Waals surface area (Å²) in [5, 5.41) is 5.75. The van der Waals surface area contributed by atoms with Gasteiger partial charge >= 0.3 is 5.97 Å². The molecule has 1 heterocycles. The highest BCUT2D eigenvalue weighted by atomic mass is 35.5. The summed E-state index contributed by atoms with van der Waals surface area (Å²) in [5.74, 6) is 0.0503. The molecule has 0 amide bonds. The van der Waals surface area contributed by atoms with Crippen molar-refractivity contribution in [2.24, 2.45) is 0 Å². The average molecular weight is 348 g/mol. The topological polar surface area (TPSA) is 52.3 Å². The Kier molecular flexibility index (Phi) is 4.88. The van der Waals surface area contributed by atoms with E-state index in [0.29, 0.717) is 17.2 Å². The number of aromatic nitrogens is 1. The maximum atomic E-state index is 11.4. The average Bonchev–Trinajstić information content (AvgIpc) is 2.97. The molecule has 118 valence electrons. The molecule has 23 heavy (non-hydrogen) atoms. The Balaban J connectivity index is 1.82. The third kappa shape index (κ3) is 3.68. The van der Waals surface area contributed by atoms with Gasteiger partial charge in [-0.2, -0.15) is 0 Å². The van der Waals surface area contributed by atoms with Crippen LogP contribution >= 0.6 is 23.4 Å². The summed E-state index contributed by atoms with van der Waals surface area (Å²) >= 11 is 7.32. The zero-order valence-electron chi connectivity index (χ0n) is 12.4. The number of thioether (sulfide) groups is 1. The lowest BCUT2D eigenvalue weighted by Gasteiger charge is -2.02. The van der Waals surface area contributed by atoms with Crippen molar-refractivity contribution in [1.29, 1.82) is 0 Å². The fraction of sp³-hybridized carbons (Fsp3) is 0.176. The van der Waals surface area contributed by atoms with Gasteiger partial charge in [0.2, 0.25) is 0 Å². The molecule has 0 fully saturated rings. The number of ether oxygens (including phenoxy) is 1. The molecule has 3 aromatic rings. The molecule has 0 saturated carbocycles. The number of nitrogens with zero attached hydrogens (tertiary/aromatic N) is 1. The van der Waals surface area contributed by atoms with Gasteiger partial charge in [0.1, 0.15) is 5.69 Å². The molecule has 0 aliphatic rings. The number of hydrogen-bond acceptors (Lipinski definition) is 5. The zero-order chi connectivity index (χ0) is 16.2. The van der Waals surface area contributed by atoms with Gasteiger partial charge in [0.25, 0.3) is 0 Å². The van der Waals surface area contributed by atoms with Gasteiger partial charge in [-0.1, -0.05) is 28.9 Å². The third-order valence-electron chi connectivity index (χ3n) is 3.22. The number of benzene rings is 2. The van der Waals surface area contributed by atoms with E-state index in [-0.39, 0.29) is 11.7 Å². The van der Waals surface area contributed by atoms with E-state index in [1.165, 1.54) is 11.8 Å². The number of carbonyl (C=O) groups is 1. The van der Waals surface area contributed by atoms with Gasteiger partial charge in [-0.25, -0.2) is 0 Å². The molecule has 3 rings (SSSR count). The molecule has 4 nitrogen and oxygen atoms in total. The second-order valence-corrected chi connectivity index (χ2v) is 6.27. The maximum Gasteiger partial charge on any atom is 0.316 e. The molecule has 0 aliphatic heterocycles. The van der Waals surface area contributed by atoms with Crippen LogP contribution in [0.4, 0.5) is 0 Å². The first kappa shape index (κ1) is 15.9. The smallest absolute Gasteiger partial charge is 0.316 e. The monoisotopic (exact) mass is 347 g/mol. The number of halogens is 1. The summed E-state index contributed by atoms with van der Waals surface area (Å²) in [6.07, 6.45) is 0. The lowest BCUT2D eigenvalue weighted by atomic mass is 10.1. The largest absolute Gasteiger partial charge is 0.465 e. The number of esters is 1. The van der Waals surface area contributed by atoms with Crippen molar-refractivity contribution in [2.75, 3.05) is 12.4 Å². The SMILES string of the molecule is CCOC(=O)CSc1ccc2c(-c3ccc(Cl)cc3)noc2c1. The molecule has 0 N–H and O–H groups in total. The van der Waals surface area contributed by atoms with Crippen LogP contribution in [-0.2, 0) is 9.53 Å². The molecular weight excluding hydrogens is 334 g/mol. The van der Waals surface area contributed by atoms with Crippen LogP contribution in [0.25, 0.3) is 22.2 Å². The van der Waals surface area contributed by atoms with Crippen molar-refractivity contribution in [3.63, 3.8) is 0 Å². The molecule has 6 heteroatoms. The first-order valence-corrected chi connectivity index (χ1v) is 8.47. The summed E-state index contributed by atoms with van der Waals surface area (Å²) < 4.78 is 10.3. The van der Waals surface area contributed by atoms with Crippen LogP contribution in [0.5, 0.6) is 0 Å². The van der Waals surface area contributed by atoms with Gasteiger partial charge in [-0.3, -0.25) is 4.79 Å². The molecule has 1 aromatic heterocycles. The number of fused-ring (bicyclic) bond motifs is 1. The first-order valence-electron chi connectivity index (χ1n) is 7.11. The second-order valence-electron chi connectivity index (χ2n) is 4.79. The highest BCUT2D eigenvalue weighted by Gasteiger charge is 2.12. The molecule has 0 unspecified atom stereocenters. The van der Waals surface area contributed by atoms with E-state index in [1.54, 1.807) is 6.92 Å². The van der Waals surface area contributed by atoms with E-state index >= 15 is 0 Å². The Morgan fingerprint density at radius 2 is 2.04 bits per heavy atom.